The van der Waals surface area contributed by atoms with Crippen molar-refractivity contribution in [2.45, 2.75) is 32.4 Å². The SMILES string of the molecule is CC(C)C[S+]([O-])CC(C)(C)[S+]=O. The highest BCUT2D eigenvalue weighted by Gasteiger charge is 2.38. The molecule has 0 aromatic rings. The van der Waals surface area contributed by atoms with Gasteiger partial charge in [-0.25, -0.2) is 0 Å². The summed E-state index contributed by atoms with van der Waals surface area (Å²) in [5.74, 6) is 1.64. The molecule has 0 fully saturated rings. The first-order valence-electron chi connectivity index (χ1n) is 4.03. The van der Waals surface area contributed by atoms with Crippen LogP contribution in [0.3, 0.4) is 0 Å². The molecule has 12 heavy (non-hydrogen) atoms. The first-order chi connectivity index (χ1) is 5.37. The fraction of sp³-hybridized carbons (Fsp3) is 1.00. The summed E-state index contributed by atoms with van der Waals surface area (Å²) >= 11 is -0.301. The predicted octanol–water partition coefficient (Wildman–Crippen LogP) is 1.60. The Labute approximate surface area is 81.8 Å². The second-order valence-electron chi connectivity index (χ2n) is 3.99. The molecule has 0 spiro atoms. The third kappa shape index (κ3) is 5.91. The largest absolute Gasteiger partial charge is 0.616 e. The Balaban J connectivity index is 3.83. The fourth-order valence-corrected chi connectivity index (χ4v) is 3.07. The zero-order valence-electron chi connectivity index (χ0n) is 8.12. The maximum Gasteiger partial charge on any atom is 0.470 e. The molecule has 0 radical (unpaired) electrons. The number of rotatable bonds is 5. The highest BCUT2D eigenvalue weighted by molar-refractivity contribution is 7.92. The van der Waals surface area contributed by atoms with Gasteiger partial charge in [0.25, 0.3) is 4.75 Å². The molecule has 0 saturated carbocycles. The van der Waals surface area contributed by atoms with Gasteiger partial charge in [-0.1, -0.05) is 13.8 Å². The minimum absolute atomic E-state index is 0.389. The summed E-state index contributed by atoms with van der Waals surface area (Å²) in [4.78, 5) is 0. The third-order valence-corrected chi connectivity index (χ3v) is 4.11. The van der Waals surface area contributed by atoms with E-state index < -0.39 is 11.2 Å². The van der Waals surface area contributed by atoms with Crippen LogP contribution in [0.25, 0.3) is 0 Å². The Hall–Kier alpha value is 0.330. The minimum Gasteiger partial charge on any atom is -0.616 e. The monoisotopic (exact) mass is 209 g/mol. The van der Waals surface area contributed by atoms with Crippen molar-refractivity contribution < 1.29 is 8.76 Å². The Morgan fingerprint density at radius 1 is 1.50 bits per heavy atom. The summed E-state index contributed by atoms with van der Waals surface area (Å²) in [5, 5.41) is 0. The van der Waals surface area contributed by atoms with Crippen molar-refractivity contribution in [1.82, 2.24) is 0 Å². The summed E-state index contributed by atoms with van der Waals surface area (Å²) in [5.41, 5.74) is 0. The van der Waals surface area contributed by atoms with E-state index in [2.05, 4.69) is 0 Å². The lowest BCUT2D eigenvalue weighted by atomic mass is 10.2. The van der Waals surface area contributed by atoms with Gasteiger partial charge in [-0.2, -0.15) is 0 Å². The van der Waals surface area contributed by atoms with Crippen molar-refractivity contribution >= 4 is 22.8 Å². The molecule has 72 valence electrons. The van der Waals surface area contributed by atoms with Gasteiger partial charge in [0.1, 0.15) is 5.75 Å². The molecule has 0 aromatic carbocycles. The molecule has 4 heteroatoms. The Morgan fingerprint density at radius 3 is 2.33 bits per heavy atom. The highest BCUT2D eigenvalue weighted by atomic mass is 32.2. The quantitative estimate of drug-likeness (QED) is 0.645. The van der Waals surface area contributed by atoms with Crippen molar-refractivity contribution in [3.05, 3.63) is 0 Å². The van der Waals surface area contributed by atoms with Crippen molar-refractivity contribution in [2.24, 2.45) is 5.92 Å². The van der Waals surface area contributed by atoms with Crippen LogP contribution < -0.4 is 0 Å². The van der Waals surface area contributed by atoms with E-state index in [9.17, 15) is 8.76 Å². The van der Waals surface area contributed by atoms with Gasteiger partial charge in [0.2, 0.25) is 0 Å². The van der Waals surface area contributed by atoms with Gasteiger partial charge in [0.15, 0.2) is 5.75 Å². The van der Waals surface area contributed by atoms with Crippen molar-refractivity contribution in [3.8, 4) is 0 Å². The van der Waals surface area contributed by atoms with E-state index in [1.165, 1.54) is 0 Å². The van der Waals surface area contributed by atoms with E-state index >= 15 is 0 Å². The number of hydrogen-bond donors (Lipinski definition) is 0. The maximum atomic E-state index is 11.4. The molecule has 0 aliphatic heterocycles. The molecule has 2 nitrogen and oxygen atoms in total. The Bertz CT molecular complexity index is 146. The molecule has 0 heterocycles. The van der Waals surface area contributed by atoms with Crippen LogP contribution in [0.2, 0.25) is 0 Å². The third-order valence-electron chi connectivity index (χ3n) is 1.25. The van der Waals surface area contributed by atoms with Crippen LogP contribution >= 0.6 is 0 Å². The van der Waals surface area contributed by atoms with Gasteiger partial charge >= 0.3 is 11.7 Å². The molecular weight excluding hydrogens is 192 g/mol. The second-order valence-corrected chi connectivity index (χ2v) is 6.76. The zero-order valence-corrected chi connectivity index (χ0v) is 9.76. The van der Waals surface area contributed by atoms with E-state index in [-0.39, 0.29) is 4.75 Å². The molecule has 1 atom stereocenters. The van der Waals surface area contributed by atoms with E-state index in [4.69, 9.17) is 0 Å². The molecule has 0 aliphatic rings. The van der Waals surface area contributed by atoms with Gasteiger partial charge in [0, 0.05) is 18.1 Å². The first-order valence-corrected chi connectivity index (χ1v) is 6.26. The van der Waals surface area contributed by atoms with Gasteiger partial charge in [-0.3, -0.25) is 0 Å². The summed E-state index contributed by atoms with van der Waals surface area (Å²) in [6, 6.07) is 0. The van der Waals surface area contributed by atoms with Crippen LogP contribution in [-0.2, 0) is 27.1 Å². The second kappa shape index (κ2) is 5.14. The summed E-state index contributed by atoms with van der Waals surface area (Å²) in [6.07, 6.45) is 0. The Morgan fingerprint density at radius 2 is 2.00 bits per heavy atom. The highest BCUT2D eigenvalue weighted by Crippen LogP contribution is 2.12. The molecule has 0 aliphatic carbocycles. The molecule has 0 bridgehead atoms. The predicted molar refractivity (Wildman–Crippen MR) is 54.8 cm³/mol. The normalized spacial score (nSPS) is 14.8. The Kier molecular flexibility index (Phi) is 5.29. The van der Waals surface area contributed by atoms with Crippen LogP contribution in [0.1, 0.15) is 27.7 Å². The van der Waals surface area contributed by atoms with Gasteiger partial charge in [-0.15, -0.1) is 0 Å². The van der Waals surface area contributed by atoms with Gasteiger partial charge in [0.05, 0.1) is 0 Å². The molecule has 0 N–H and O–H groups in total. The molecule has 0 aromatic heterocycles. The average molecular weight is 209 g/mol. The zero-order chi connectivity index (χ0) is 9.78. The molecule has 0 saturated heterocycles. The van der Waals surface area contributed by atoms with Gasteiger partial charge in [-0.05, 0) is 17.1 Å². The molecule has 1 unspecified atom stereocenters. The van der Waals surface area contributed by atoms with Crippen molar-refractivity contribution in [1.29, 1.82) is 0 Å². The van der Waals surface area contributed by atoms with E-state index in [1.807, 2.05) is 27.7 Å². The van der Waals surface area contributed by atoms with E-state index in [0.717, 1.165) is 0 Å². The summed E-state index contributed by atoms with van der Waals surface area (Å²) < 4.78 is 21.6. The van der Waals surface area contributed by atoms with Crippen LogP contribution in [0.5, 0.6) is 0 Å². The smallest absolute Gasteiger partial charge is 0.470 e. The maximum absolute atomic E-state index is 11.4. The van der Waals surface area contributed by atoms with E-state index in [1.54, 1.807) is 0 Å². The van der Waals surface area contributed by atoms with Crippen LogP contribution in [0.4, 0.5) is 0 Å². The average Bonchev–Trinajstić information content (AvgIpc) is 1.84. The summed E-state index contributed by atoms with van der Waals surface area (Å²) in [6.45, 7) is 7.75. The lowest BCUT2D eigenvalue weighted by molar-refractivity contribution is 0.564. The lowest BCUT2D eigenvalue weighted by Gasteiger charge is -2.14. The first kappa shape index (κ1) is 12.3. The lowest BCUT2D eigenvalue weighted by Crippen LogP contribution is -2.32. The topological polar surface area (TPSA) is 40.1 Å². The van der Waals surface area contributed by atoms with Crippen LogP contribution in [-0.4, -0.2) is 20.8 Å². The van der Waals surface area contributed by atoms with Crippen LogP contribution in [0, 0.1) is 5.92 Å². The number of hydrogen-bond acceptors (Lipinski definition) is 2. The van der Waals surface area contributed by atoms with Gasteiger partial charge < -0.3 is 4.55 Å². The fourth-order valence-electron chi connectivity index (χ4n) is 0.842. The summed E-state index contributed by atoms with van der Waals surface area (Å²) in [7, 11) is 0. The van der Waals surface area contributed by atoms with Crippen molar-refractivity contribution in [3.63, 3.8) is 0 Å². The molecule has 0 rings (SSSR count). The standard InChI is InChI=1S/C8H17O2S2/c1-7(2)5-12(10)6-8(3,4)11-9/h7H,5-6H2,1-4H3/q+1. The molecular formula is C8H17O2S2+. The van der Waals surface area contributed by atoms with E-state index in [0.29, 0.717) is 29.1 Å². The minimum atomic E-state index is -0.840. The molecule has 0 amide bonds. The van der Waals surface area contributed by atoms with Crippen LogP contribution in [0.15, 0.2) is 0 Å². The van der Waals surface area contributed by atoms with Crippen molar-refractivity contribution in [2.75, 3.05) is 11.5 Å².